The Morgan fingerprint density at radius 3 is 2.41 bits per heavy atom. The average molecular weight is 455 g/mol. The summed E-state index contributed by atoms with van der Waals surface area (Å²) in [5.74, 6) is -0.143. The number of ether oxygens (including phenoxy) is 1. The van der Waals surface area contributed by atoms with E-state index in [1.54, 1.807) is 18.2 Å². The van der Waals surface area contributed by atoms with E-state index in [9.17, 15) is 17.6 Å². The number of amides is 1. The normalized spacial score (nSPS) is 17.0. The Balaban J connectivity index is 1.47. The predicted molar refractivity (Wildman–Crippen MR) is 119 cm³/mol. The van der Waals surface area contributed by atoms with Crippen LogP contribution in [0.15, 0.2) is 83.8 Å². The lowest BCUT2D eigenvalue weighted by Crippen LogP contribution is -2.43. The maximum Gasteiger partial charge on any atom is 0.243 e. The number of anilines is 1. The van der Waals surface area contributed by atoms with Gasteiger partial charge in [-0.3, -0.25) is 4.79 Å². The molecule has 1 amide bonds. The van der Waals surface area contributed by atoms with Gasteiger partial charge in [0.05, 0.1) is 16.5 Å². The van der Waals surface area contributed by atoms with Crippen molar-refractivity contribution in [2.45, 2.75) is 17.7 Å². The number of carbonyl (C=O) groups excluding carboxylic acids is 1. The number of halogens is 1. The van der Waals surface area contributed by atoms with Crippen molar-refractivity contribution in [3.8, 4) is 11.5 Å². The Morgan fingerprint density at radius 2 is 1.66 bits per heavy atom. The van der Waals surface area contributed by atoms with Crippen molar-refractivity contribution in [1.29, 1.82) is 0 Å². The quantitative estimate of drug-likeness (QED) is 0.588. The van der Waals surface area contributed by atoms with Gasteiger partial charge in [0.15, 0.2) is 5.75 Å². The molecular formula is C24H23FN2O4S. The molecule has 1 heterocycles. The van der Waals surface area contributed by atoms with E-state index < -0.39 is 21.8 Å². The fraction of sp³-hybridized carbons (Fsp3) is 0.208. The summed E-state index contributed by atoms with van der Waals surface area (Å²) < 4.78 is 46.2. The van der Waals surface area contributed by atoms with E-state index in [0.717, 1.165) is 12.1 Å². The van der Waals surface area contributed by atoms with Crippen LogP contribution in [0.3, 0.4) is 0 Å². The van der Waals surface area contributed by atoms with E-state index in [2.05, 4.69) is 5.32 Å². The standard InChI is InChI=1S/C24H23FN2O4S/c25-19-12-14-21(15-13-19)32(29,30)27-16-6-7-18(17-27)24(28)26-22-10-4-5-11-23(22)31-20-8-2-1-3-9-20/h1-5,8-15,18H,6-7,16-17H2,(H,26,28)/t18-/m0/s1. The van der Waals surface area contributed by atoms with Crippen molar-refractivity contribution in [2.75, 3.05) is 18.4 Å². The minimum absolute atomic E-state index is 0.0153. The monoisotopic (exact) mass is 454 g/mol. The first kappa shape index (κ1) is 22.0. The van der Waals surface area contributed by atoms with Gasteiger partial charge in [-0.1, -0.05) is 30.3 Å². The maximum atomic E-state index is 13.2. The fourth-order valence-electron chi connectivity index (χ4n) is 3.64. The summed E-state index contributed by atoms with van der Waals surface area (Å²) in [6, 6.07) is 21.0. The van der Waals surface area contributed by atoms with Crippen LogP contribution in [0.25, 0.3) is 0 Å². The van der Waals surface area contributed by atoms with Gasteiger partial charge < -0.3 is 10.1 Å². The highest BCUT2D eigenvalue weighted by Crippen LogP contribution is 2.31. The van der Waals surface area contributed by atoms with Gasteiger partial charge in [-0.2, -0.15) is 4.31 Å². The zero-order valence-corrected chi connectivity index (χ0v) is 18.1. The Morgan fingerprint density at radius 1 is 0.969 bits per heavy atom. The second-order valence-corrected chi connectivity index (χ2v) is 9.49. The highest BCUT2D eigenvalue weighted by Gasteiger charge is 2.33. The first-order chi connectivity index (χ1) is 15.4. The molecule has 0 radical (unpaired) electrons. The number of sulfonamides is 1. The second-order valence-electron chi connectivity index (χ2n) is 7.56. The average Bonchev–Trinajstić information content (AvgIpc) is 2.81. The number of para-hydroxylation sites is 3. The first-order valence-electron chi connectivity index (χ1n) is 10.3. The highest BCUT2D eigenvalue weighted by atomic mass is 32.2. The van der Waals surface area contributed by atoms with Crippen molar-refractivity contribution in [2.24, 2.45) is 5.92 Å². The third-order valence-corrected chi connectivity index (χ3v) is 7.20. The van der Waals surface area contributed by atoms with Gasteiger partial charge in [-0.15, -0.1) is 0 Å². The van der Waals surface area contributed by atoms with Crippen molar-refractivity contribution >= 4 is 21.6 Å². The molecule has 1 atom stereocenters. The van der Waals surface area contributed by atoms with Crippen LogP contribution in [0.5, 0.6) is 11.5 Å². The smallest absolute Gasteiger partial charge is 0.243 e. The summed E-state index contributed by atoms with van der Waals surface area (Å²) in [6.45, 7) is 0.379. The molecule has 0 unspecified atom stereocenters. The molecule has 0 aromatic heterocycles. The van der Waals surface area contributed by atoms with Crippen LogP contribution in [-0.4, -0.2) is 31.7 Å². The minimum Gasteiger partial charge on any atom is -0.455 e. The molecular weight excluding hydrogens is 431 g/mol. The van der Waals surface area contributed by atoms with E-state index in [-0.39, 0.29) is 17.3 Å². The summed E-state index contributed by atoms with van der Waals surface area (Å²) in [5, 5.41) is 2.88. The van der Waals surface area contributed by atoms with Crippen LogP contribution in [0.2, 0.25) is 0 Å². The Kier molecular flexibility index (Phi) is 6.53. The second kappa shape index (κ2) is 9.50. The summed E-state index contributed by atoms with van der Waals surface area (Å²) in [4.78, 5) is 13.0. The molecule has 1 fully saturated rings. The van der Waals surface area contributed by atoms with E-state index in [4.69, 9.17) is 4.74 Å². The molecule has 32 heavy (non-hydrogen) atoms. The molecule has 8 heteroatoms. The zero-order valence-electron chi connectivity index (χ0n) is 17.3. The van der Waals surface area contributed by atoms with Crippen molar-refractivity contribution in [3.05, 3.63) is 84.7 Å². The number of piperidine rings is 1. The molecule has 1 saturated heterocycles. The molecule has 1 aliphatic heterocycles. The van der Waals surface area contributed by atoms with E-state index in [1.165, 1.54) is 16.4 Å². The van der Waals surface area contributed by atoms with Crippen molar-refractivity contribution in [1.82, 2.24) is 4.31 Å². The van der Waals surface area contributed by atoms with Crippen molar-refractivity contribution < 1.29 is 22.3 Å². The first-order valence-corrected chi connectivity index (χ1v) is 11.8. The summed E-state index contributed by atoms with van der Waals surface area (Å²) in [5.41, 5.74) is 0.514. The van der Waals surface area contributed by atoms with Gasteiger partial charge >= 0.3 is 0 Å². The molecule has 0 bridgehead atoms. The van der Waals surface area contributed by atoms with Gasteiger partial charge in [-0.05, 0) is 61.4 Å². The molecule has 3 aromatic rings. The largest absolute Gasteiger partial charge is 0.455 e. The van der Waals surface area contributed by atoms with Crippen LogP contribution in [0, 0.1) is 11.7 Å². The van der Waals surface area contributed by atoms with Gasteiger partial charge in [-0.25, -0.2) is 12.8 Å². The molecule has 0 aliphatic carbocycles. The van der Waals surface area contributed by atoms with Gasteiger partial charge in [0.2, 0.25) is 15.9 Å². The number of carbonyl (C=O) groups is 1. The van der Waals surface area contributed by atoms with Gasteiger partial charge in [0, 0.05) is 13.1 Å². The number of hydrogen-bond acceptors (Lipinski definition) is 4. The molecule has 4 rings (SSSR count). The molecule has 6 nitrogen and oxygen atoms in total. The van der Waals surface area contributed by atoms with E-state index in [1.807, 2.05) is 36.4 Å². The lowest BCUT2D eigenvalue weighted by atomic mass is 9.98. The topological polar surface area (TPSA) is 75.7 Å². The highest BCUT2D eigenvalue weighted by molar-refractivity contribution is 7.89. The third-order valence-electron chi connectivity index (χ3n) is 5.32. The molecule has 166 valence electrons. The third kappa shape index (κ3) is 4.98. The summed E-state index contributed by atoms with van der Waals surface area (Å²) in [6.07, 6.45) is 1.13. The molecule has 3 aromatic carbocycles. The Labute approximate surface area is 186 Å². The van der Waals surface area contributed by atoms with E-state index >= 15 is 0 Å². The van der Waals surface area contributed by atoms with E-state index in [0.29, 0.717) is 36.6 Å². The SMILES string of the molecule is O=C(Nc1ccccc1Oc1ccccc1)[C@H]1CCCN(S(=O)(=O)c2ccc(F)cc2)C1. The molecule has 0 saturated carbocycles. The Hall–Kier alpha value is -3.23. The zero-order chi connectivity index (χ0) is 22.6. The number of benzene rings is 3. The molecule has 1 aliphatic rings. The van der Waals surface area contributed by atoms with Crippen LogP contribution in [0.4, 0.5) is 10.1 Å². The molecule has 1 N–H and O–H groups in total. The summed E-state index contributed by atoms with van der Waals surface area (Å²) in [7, 11) is -3.80. The van der Waals surface area contributed by atoms with Gasteiger partial charge in [0.25, 0.3) is 0 Å². The van der Waals surface area contributed by atoms with Gasteiger partial charge in [0.1, 0.15) is 11.6 Å². The summed E-state index contributed by atoms with van der Waals surface area (Å²) >= 11 is 0. The predicted octanol–water partition coefficient (Wildman–Crippen LogP) is 4.66. The maximum absolute atomic E-state index is 13.2. The fourth-order valence-corrected chi connectivity index (χ4v) is 5.16. The number of hydrogen-bond donors (Lipinski definition) is 1. The van der Waals surface area contributed by atoms with Crippen LogP contribution in [-0.2, 0) is 14.8 Å². The Bertz CT molecular complexity index is 1180. The lowest BCUT2D eigenvalue weighted by Gasteiger charge is -2.31. The number of rotatable bonds is 6. The lowest BCUT2D eigenvalue weighted by molar-refractivity contribution is -0.120. The van der Waals surface area contributed by atoms with Crippen LogP contribution >= 0.6 is 0 Å². The molecule has 0 spiro atoms. The number of nitrogens with zero attached hydrogens (tertiary/aromatic N) is 1. The van der Waals surface area contributed by atoms with Crippen LogP contribution in [0.1, 0.15) is 12.8 Å². The van der Waals surface area contributed by atoms with Crippen molar-refractivity contribution in [3.63, 3.8) is 0 Å². The minimum atomic E-state index is -3.80. The van der Waals surface area contributed by atoms with Crippen LogP contribution < -0.4 is 10.1 Å². The number of nitrogens with one attached hydrogen (secondary N) is 1.